The number of hydrogen-bond acceptors (Lipinski definition) is 6. The minimum absolute atomic E-state index is 0.00647. The van der Waals surface area contributed by atoms with Crippen molar-refractivity contribution >= 4 is 21.7 Å². The van der Waals surface area contributed by atoms with Gasteiger partial charge in [0.2, 0.25) is 0 Å². The standard InChI is InChI=1S/C18H24FNO6S/c1-4-12(2)20(14-7-8-27(23,24)11-14)17(21)10-26-18(22)13-5-6-16(25-3)15(19)9-13/h5-6,9,12,14H,4,7-8,10-11H2,1-3H3/t12-,14+/m0/s1. The van der Waals surface area contributed by atoms with Gasteiger partial charge < -0.3 is 14.4 Å². The number of carbonyl (C=O) groups excluding carboxylic acids is 2. The molecule has 0 bridgehead atoms. The molecule has 1 aromatic carbocycles. The molecular weight excluding hydrogens is 377 g/mol. The quantitative estimate of drug-likeness (QED) is 0.648. The third-order valence-corrected chi connectivity index (χ3v) is 6.42. The summed E-state index contributed by atoms with van der Waals surface area (Å²) in [5, 5.41) is 0. The fraction of sp³-hybridized carbons (Fsp3) is 0.556. The molecule has 0 radical (unpaired) electrons. The molecule has 0 saturated carbocycles. The summed E-state index contributed by atoms with van der Waals surface area (Å²) in [6.07, 6.45) is 1.01. The molecule has 7 nitrogen and oxygen atoms in total. The number of rotatable bonds is 7. The van der Waals surface area contributed by atoms with Gasteiger partial charge in [-0.3, -0.25) is 4.79 Å². The molecule has 9 heteroatoms. The Hall–Kier alpha value is -2.16. The smallest absolute Gasteiger partial charge is 0.338 e. The van der Waals surface area contributed by atoms with Crippen LogP contribution in [0.2, 0.25) is 0 Å². The lowest BCUT2D eigenvalue weighted by Gasteiger charge is -2.33. The largest absolute Gasteiger partial charge is 0.494 e. The van der Waals surface area contributed by atoms with Gasteiger partial charge in [0, 0.05) is 12.1 Å². The number of ether oxygens (including phenoxy) is 2. The topological polar surface area (TPSA) is 90.0 Å². The highest BCUT2D eigenvalue weighted by molar-refractivity contribution is 7.91. The van der Waals surface area contributed by atoms with Crippen LogP contribution in [0.15, 0.2) is 18.2 Å². The summed E-state index contributed by atoms with van der Waals surface area (Å²) in [7, 11) is -1.85. The number of nitrogens with zero attached hydrogens (tertiary/aromatic N) is 1. The van der Waals surface area contributed by atoms with Crippen LogP contribution in [0.5, 0.6) is 5.75 Å². The van der Waals surface area contributed by atoms with E-state index in [0.29, 0.717) is 12.8 Å². The zero-order valence-electron chi connectivity index (χ0n) is 15.6. The summed E-state index contributed by atoms with van der Waals surface area (Å²) in [5.41, 5.74) is -0.0420. The summed E-state index contributed by atoms with van der Waals surface area (Å²) in [5.74, 6) is -2.06. The molecular formula is C18H24FNO6S. The SMILES string of the molecule is CC[C@H](C)N(C(=O)COC(=O)c1ccc(OC)c(F)c1)[C@@H]1CCS(=O)(=O)C1. The molecule has 0 N–H and O–H groups in total. The third-order valence-electron chi connectivity index (χ3n) is 4.67. The highest BCUT2D eigenvalue weighted by Crippen LogP contribution is 2.22. The molecule has 1 fully saturated rings. The van der Waals surface area contributed by atoms with Crippen LogP contribution >= 0.6 is 0 Å². The molecule has 0 unspecified atom stereocenters. The van der Waals surface area contributed by atoms with Gasteiger partial charge in [-0.25, -0.2) is 17.6 Å². The van der Waals surface area contributed by atoms with Crippen LogP contribution < -0.4 is 4.74 Å². The molecule has 1 saturated heterocycles. The predicted octanol–water partition coefficient (Wildman–Crippen LogP) is 1.81. The fourth-order valence-electron chi connectivity index (χ4n) is 3.08. The van der Waals surface area contributed by atoms with Crippen molar-refractivity contribution < 1.29 is 31.9 Å². The first-order chi connectivity index (χ1) is 12.7. The van der Waals surface area contributed by atoms with Gasteiger partial charge in [-0.2, -0.15) is 0 Å². The van der Waals surface area contributed by atoms with Crippen molar-refractivity contribution in [2.24, 2.45) is 0 Å². The Morgan fingerprint density at radius 2 is 2.07 bits per heavy atom. The molecule has 0 aliphatic carbocycles. The highest BCUT2D eigenvalue weighted by atomic mass is 32.2. The Bertz CT molecular complexity index is 810. The lowest BCUT2D eigenvalue weighted by atomic mass is 10.1. The fourth-order valence-corrected chi connectivity index (χ4v) is 4.79. The van der Waals surface area contributed by atoms with Gasteiger partial charge in [0.1, 0.15) is 0 Å². The summed E-state index contributed by atoms with van der Waals surface area (Å²) < 4.78 is 47.0. The zero-order chi connectivity index (χ0) is 20.2. The first-order valence-electron chi connectivity index (χ1n) is 8.70. The van der Waals surface area contributed by atoms with E-state index in [1.165, 1.54) is 24.1 Å². The van der Waals surface area contributed by atoms with Gasteiger partial charge in [0.25, 0.3) is 5.91 Å². The lowest BCUT2D eigenvalue weighted by molar-refractivity contribution is -0.138. The van der Waals surface area contributed by atoms with E-state index in [1.807, 2.05) is 13.8 Å². The van der Waals surface area contributed by atoms with Crippen molar-refractivity contribution in [2.75, 3.05) is 25.2 Å². The first-order valence-corrected chi connectivity index (χ1v) is 10.5. The second-order valence-electron chi connectivity index (χ2n) is 6.54. The van der Waals surface area contributed by atoms with Crippen LogP contribution in [-0.2, 0) is 19.4 Å². The van der Waals surface area contributed by atoms with Crippen molar-refractivity contribution in [2.45, 2.75) is 38.8 Å². The molecule has 2 rings (SSSR count). The number of amides is 1. The average molecular weight is 401 g/mol. The van der Waals surface area contributed by atoms with Crippen molar-refractivity contribution in [1.29, 1.82) is 0 Å². The number of halogens is 1. The lowest BCUT2D eigenvalue weighted by Crippen LogP contribution is -2.48. The number of benzene rings is 1. The Kier molecular flexibility index (Phi) is 6.80. The minimum Gasteiger partial charge on any atom is -0.494 e. The van der Waals surface area contributed by atoms with E-state index in [4.69, 9.17) is 9.47 Å². The number of hydrogen-bond donors (Lipinski definition) is 0. The van der Waals surface area contributed by atoms with E-state index in [1.54, 1.807) is 0 Å². The van der Waals surface area contributed by atoms with E-state index in [-0.39, 0.29) is 28.9 Å². The van der Waals surface area contributed by atoms with Crippen LogP contribution in [0.3, 0.4) is 0 Å². The second-order valence-corrected chi connectivity index (χ2v) is 8.77. The highest BCUT2D eigenvalue weighted by Gasteiger charge is 2.36. The molecule has 1 amide bonds. The molecule has 1 aliphatic heterocycles. The summed E-state index contributed by atoms with van der Waals surface area (Å²) >= 11 is 0. The van der Waals surface area contributed by atoms with Crippen molar-refractivity contribution in [3.05, 3.63) is 29.6 Å². The van der Waals surface area contributed by atoms with Gasteiger partial charge >= 0.3 is 5.97 Å². The van der Waals surface area contributed by atoms with Gasteiger partial charge in [0.15, 0.2) is 28.0 Å². The predicted molar refractivity (Wildman–Crippen MR) is 96.9 cm³/mol. The first kappa shape index (κ1) is 21.1. The maximum Gasteiger partial charge on any atom is 0.338 e. The third kappa shape index (κ3) is 5.18. The van der Waals surface area contributed by atoms with Gasteiger partial charge in [0.05, 0.1) is 24.2 Å². The van der Waals surface area contributed by atoms with Crippen molar-refractivity contribution in [1.82, 2.24) is 4.90 Å². The number of methoxy groups -OCH3 is 1. The van der Waals surface area contributed by atoms with Gasteiger partial charge in [-0.15, -0.1) is 0 Å². The Balaban J connectivity index is 2.04. The van der Waals surface area contributed by atoms with E-state index >= 15 is 0 Å². The summed E-state index contributed by atoms with van der Waals surface area (Å²) in [6, 6.07) is 3.00. The number of esters is 1. The molecule has 1 aliphatic rings. The Morgan fingerprint density at radius 3 is 2.59 bits per heavy atom. The number of sulfone groups is 1. The molecule has 1 aromatic rings. The monoisotopic (exact) mass is 401 g/mol. The van der Waals surface area contributed by atoms with E-state index < -0.39 is 40.2 Å². The molecule has 1 heterocycles. The zero-order valence-corrected chi connectivity index (χ0v) is 16.4. The Morgan fingerprint density at radius 1 is 1.37 bits per heavy atom. The second kappa shape index (κ2) is 8.69. The van der Waals surface area contributed by atoms with Crippen molar-refractivity contribution in [3.63, 3.8) is 0 Å². The minimum atomic E-state index is -3.16. The van der Waals surface area contributed by atoms with E-state index in [0.717, 1.165) is 6.07 Å². The van der Waals surface area contributed by atoms with Crippen LogP contribution in [0.25, 0.3) is 0 Å². The number of carbonyl (C=O) groups is 2. The van der Waals surface area contributed by atoms with Crippen LogP contribution in [0.4, 0.5) is 4.39 Å². The molecule has 27 heavy (non-hydrogen) atoms. The Labute approximate surface area is 158 Å². The molecule has 150 valence electrons. The van der Waals surface area contributed by atoms with Crippen molar-refractivity contribution in [3.8, 4) is 5.75 Å². The van der Waals surface area contributed by atoms with Gasteiger partial charge in [-0.1, -0.05) is 6.92 Å². The normalized spacial score (nSPS) is 19.3. The van der Waals surface area contributed by atoms with Crippen LogP contribution in [0.1, 0.15) is 37.0 Å². The molecule has 0 spiro atoms. The van der Waals surface area contributed by atoms with Crippen LogP contribution in [-0.4, -0.2) is 62.5 Å². The average Bonchev–Trinajstić information content (AvgIpc) is 2.98. The maximum absolute atomic E-state index is 13.7. The van der Waals surface area contributed by atoms with Gasteiger partial charge in [-0.05, 0) is 38.0 Å². The maximum atomic E-state index is 13.7. The molecule has 0 aromatic heterocycles. The summed E-state index contributed by atoms with van der Waals surface area (Å²) in [6.45, 7) is 3.18. The van der Waals surface area contributed by atoms with Crippen LogP contribution in [0, 0.1) is 5.82 Å². The summed E-state index contributed by atoms with van der Waals surface area (Å²) in [4.78, 5) is 26.2. The van der Waals surface area contributed by atoms with E-state index in [2.05, 4.69) is 0 Å². The van der Waals surface area contributed by atoms with E-state index in [9.17, 15) is 22.4 Å². The molecule has 2 atom stereocenters.